The molecule has 4 heteroatoms. The Balaban J connectivity index is 2.56. The van der Waals surface area contributed by atoms with Crippen molar-refractivity contribution in [3.63, 3.8) is 0 Å². The summed E-state index contributed by atoms with van der Waals surface area (Å²) in [6, 6.07) is 4.01. The van der Waals surface area contributed by atoms with E-state index in [1.807, 2.05) is 36.3 Å². The van der Waals surface area contributed by atoms with Crippen molar-refractivity contribution in [3.8, 4) is 0 Å². The van der Waals surface area contributed by atoms with E-state index in [1.54, 1.807) is 0 Å². The van der Waals surface area contributed by atoms with Gasteiger partial charge in [0.25, 0.3) is 0 Å². The number of rotatable bonds is 2. The Labute approximate surface area is 102 Å². The number of hydrogen-bond acceptors (Lipinski definition) is 3. The van der Waals surface area contributed by atoms with Gasteiger partial charge in [-0.3, -0.25) is 9.97 Å². The van der Waals surface area contributed by atoms with Crippen molar-refractivity contribution in [3.05, 3.63) is 29.0 Å². The molecular weight excluding hydrogens is 272 g/mol. The Hall–Kier alpha value is -0.610. The minimum Gasteiger partial charge on any atom is -0.254 e. The van der Waals surface area contributed by atoms with Gasteiger partial charge in [0.1, 0.15) is 5.52 Å². The van der Waals surface area contributed by atoms with Crippen LogP contribution in [0.3, 0.4) is 0 Å². The van der Waals surface area contributed by atoms with Crippen LogP contribution >= 0.6 is 27.7 Å². The predicted octanol–water partition coefficient (Wildman–Crippen LogP) is 3.89. The van der Waals surface area contributed by atoms with Gasteiger partial charge in [-0.15, -0.1) is 11.8 Å². The molecule has 2 aromatic rings. The lowest BCUT2D eigenvalue weighted by Crippen LogP contribution is -1.90. The average molecular weight is 283 g/mol. The third kappa shape index (κ3) is 2.49. The molecule has 0 saturated heterocycles. The van der Waals surface area contributed by atoms with Crippen LogP contribution in [-0.4, -0.2) is 15.2 Å². The number of pyridine rings is 2. The van der Waals surface area contributed by atoms with E-state index in [1.165, 1.54) is 4.90 Å². The van der Waals surface area contributed by atoms with Crippen LogP contribution in [-0.2, 0) is 0 Å². The number of halogens is 1. The largest absolute Gasteiger partial charge is 0.254 e. The maximum absolute atomic E-state index is 4.40. The summed E-state index contributed by atoms with van der Waals surface area (Å²) in [7, 11) is 0. The zero-order valence-corrected chi connectivity index (χ0v) is 11.0. The first-order valence-corrected chi connectivity index (χ1v) is 6.41. The summed E-state index contributed by atoms with van der Waals surface area (Å²) < 4.78 is 0.967. The Morgan fingerprint density at radius 1 is 1.33 bits per heavy atom. The predicted molar refractivity (Wildman–Crippen MR) is 68.2 cm³/mol. The molecule has 0 fully saturated rings. The zero-order chi connectivity index (χ0) is 10.8. The lowest BCUT2D eigenvalue weighted by atomic mass is 10.3. The molecule has 2 rings (SSSR count). The lowest BCUT2D eigenvalue weighted by molar-refractivity contribution is 1.11. The second-order valence-electron chi connectivity index (χ2n) is 3.50. The molecule has 0 radical (unpaired) electrons. The molecule has 0 atom stereocenters. The number of hydrogen-bond donors (Lipinski definition) is 0. The van der Waals surface area contributed by atoms with Crippen LogP contribution in [0, 0.1) is 0 Å². The maximum Gasteiger partial charge on any atom is 0.102 e. The van der Waals surface area contributed by atoms with Crippen molar-refractivity contribution >= 4 is 38.7 Å². The molecular formula is C11H11BrN2S. The van der Waals surface area contributed by atoms with Gasteiger partial charge in [0, 0.05) is 27.0 Å². The van der Waals surface area contributed by atoms with Gasteiger partial charge in [0.15, 0.2) is 0 Å². The first-order valence-electron chi connectivity index (χ1n) is 4.74. The second kappa shape index (κ2) is 4.49. The molecule has 0 unspecified atom stereocenters. The summed E-state index contributed by atoms with van der Waals surface area (Å²) in [5.74, 6) is 0. The number of thioether (sulfide) groups is 1. The van der Waals surface area contributed by atoms with Crippen LogP contribution < -0.4 is 0 Å². The molecule has 2 heterocycles. The van der Waals surface area contributed by atoms with E-state index in [2.05, 4.69) is 39.7 Å². The molecule has 2 nitrogen and oxygen atoms in total. The fourth-order valence-corrected chi connectivity index (χ4v) is 2.57. The zero-order valence-electron chi connectivity index (χ0n) is 8.57. The van der Waals surface area contributed by atoms with Crippen molar-refractivity contribution in [2.75, 3.05) is 0 Å². The molecule has 0 aliphatic heterocycles. The summed E-state index contributed by atoms with van der Waals surface area (Å²) >= 11 is 5.21. The second-order valence-corrected chi connectivity index (χ2v) is 6.03. The Bertz CT molecular complexity index is 485. The third-order valence-electron chi connectivity index (χ3n) is 1.87. The molecule has 0 aromatic carbocycles. The van der Waals surface area contributed by atoms with Crippen LogP contribution in [0.25, 0.3) is 11.0 Å². The summed E-state index contributed by atoms with van der Waals surface area (Å²) in [4.78, 5) is 9.90. The van der Waals surface area contributed by atoms with Gasteiger partial charge >= 0.3 is 0 Å². The first kappa shape index (κ1) is 10.9. The standard InChI is InChI=1S/C11H11BrN2S/c1-7(2)15-10-3-4-13-9-5-8(12)6-14-11(9)10/h3-7H,1-2H3. The van der Waals surface area contributed by atoms with Crippen LogP contribution in [0.2, 0.25) is 0 Å². The topological polar surface area (TPSA) is 25.8 Å². The van der Waals surface area contributed by atoms with E-state index < -0.39 is 0 Å². The fourth-order valence-electron chi connectivity index (χ4n) is 1.33. The number of fused-ring (bicyclic) bond motifs is 1. The van der Waals surface area contributed by atoms with Crippen molar-refractivity contribution in [1.82, 2.24) is 9.97 Å². The normalized spacial score (nSPS) is 11.2. The molecule has 0 saturated carbocycles. The number of aromatic nitrogens is 2. The highest BCUT2D eigenvalue weighted by Crippen LogP contribution is 2.29. The molecule has 0 aliphatic rings. The summed E-state index contributed by atoms with van der Waals surface area (Å²) in [5.41, 5.74) is 1.93. The Kier molecular flexibility index (Phi) is 3.26. The molecule has 0 spiro atoms. The van der Waals surface area contributed by atoms with E-state index in [4.69, 9.17) is 0 Å². The van der Waals surface area contributed by atoms with Crippen LogP contribution in [0.15, 0.2) is 33.9 Å². The molecule has 15 heavy (non-hydrogen) atoms. The van der Waals surface area contributed by atoms with Gasteiger partial charge in [-0.05, 0) is 28.1 Å². The summed E-state index contributed by atoms with van der Waals surface area (Å²) in [6.07, 6.45) is 3.65. The van der Waals surface area contributed by atoms with Crippen LogP contribution in [0.5, 0.6) is 0 Å². The highest BCUT2D eigenvalue weighted by Gasteiger charge is 2.06. The number of nitrogens with zero attached hydrogens (tertiary/aromatic N) is 2. The maximum atomic E-state index is 4.40. The van der Waals surface area contributed by atoms with Crippen molar-refractivity contribution in [2.45, 2.75) is 24.0 Å². The highest BCUT2D eigenvalue weighted by atomic mass is 79.9. The lowest BCUT2D eigenvalue weighted by Gasteiger charge is -2.07. The van der Waals surface area contributed by atoms with Crippen molar-refractivity contribution in [1.29, 1.82) is 0 Å². The van der Waals surface area contributed by atoms with Gasteiger partial charge < -0.3 is 0 Å². The van der Waals surface area contributed by atoms with Crippen molar-refractivity contribution in [2.24, 2.45) is 0 Å². The molecule has 78 valence electrons. The summed E-state index contributed by atoms with van der Waals surface area (Å²) in [5, 5.41) is 0.557. The molecule has 0 N–H and O–H groups in total. The first-order chi connectivity index (χ1) is 7.16. The monoisotopic (exact) mass is 282 g/mol. The van der Waals surface area contributed by atoms with E-state index in [0.717, 1.165) is 15.5 Å². The Morgan fingerprint density at radius 2 is 2.13 bits per heavy atom. The highest BCUT2D eigenvalue weighted by molar-refractivity contribution is 9.10. The van der Waals surface area contributed by atoms with Gasteiger partial charge in [0.05, 0.1) is 5.52 Å². The van der Waals surface area contributed by atoms with Gasteiger partial charge in [0.2, 0.25) is 0 Å². The molecule has 2 aromatic heterocycles. The van der Waals surface area contributed by atoms with Crippen LogP contribution in [0.1, 0.15) is 13.8 Å². The fraction of sp³-hybridized carbons (Fsp3) is 0.273. The van der Waals surface area contributed by atoms with Gasteiger partial charge in [-0.1, -0.05) is 13.8 Å². The van der Waals surface area contributed by atoms with E-state index in [9.17, 15) is 0 Å². The minimum absolute atomic E-state index is 0.557. The molecule has 0 bridgehead atoms. The van der Waals surface area contributed by atoms with Gasteiger partial charge in [-0.25, -0.2) is 0 Å². The average Bonchev–Trinajstić information content (AvgIpc) is 2.16. The molecule has 0 amide bonds. The Morgan fingerprint density at radius 3 is 2.87 bits per heavy atom. The minimum atomic E-state index is 0.557. The van der Waals surface area contributed by atoms with E-state index >= 15 is 0 Å². The summed E-state index contributed by atoms with van der Waals surface area (Å²) in [6.45, 7) is 4.35. The third-order valence-corrected chi connectivity index (χ3v) is 3.36. The molecule has 0 aliphatic carbocycles. The van der Waals surface area contributed by atoms with Gasteiger partial charge in [-0.2, -0.15) is 0 Å². The van der Waals surface area contributed by atoms with E-state index in [-0.39, 0.29) is 0 Å². The van der Waals surface area contributed by atoms with Crippen LogP contribution in [0.4, 0.5) is 0 Å². The van der Waals surface area contributed by atoms with Crippen molar-refractivity contribution < 1.29 is 0 Å². The quantitative estimate of drug-likeness (QED) is 0.782. The SMILES string of the molecule is CC(C)Sc1ccnc2cc(Br)cnc12. The smallest absolute Gasteiger partial charge is 0.102 e. The van der Waals surface area contributed by atoms with E-state index in [0.29, 0.717) is 5.25 Å².